The number of aryl methyl sites for hydroxylation is 1. The van der Waals surface area contributed by atoms with Crippen molar-refractivity contribution in [3.05, 3.63) is 92.3 Å². The van der Waals surface area contributed by atoms with Gasteiger partial charge in [0, 0.05) is 10.6 Å². The average molecular weight is 513 g/mol. The first-order valence-corrected chi connectivity index (χ1v) is 12.2. The Bertz CT molecular complexity index is 1270. The molecule has 0 aromatic heterocycles. The van der Waals surface area contributed by atoms with Crippen LogP contribution in [0, 0.1) is 0 Å². The van der Waals surface area contributed by atoms with Crippen LogP contribution in [0.2, 0.25) is 10.0 Å². The van der Waals surface area contributed by atoms with Gasteiger partial charge in [-0.05, 0) is 65.7 Å². The van der Waals surface area contributed by atoms with Crippen molar-refractivity contribution >= 4 is 57.8 Å². The Morgan fingerprint density at radius 2 is 1.82 bits per heavy atom. The number of thioether (sulfide) groups is 1. The quantitative estimate of drug-likeness (QED) is 0.345. The molecule has 5 nitrogen and oxygen atoms in total. The Morgan fingerprint density at radius 3 is 2.53 bits per heavy atom. The van der Waals surface area contributed by atoms with Gasteiger partial charge in [-0.3, -0.25) is 4.79 Å². The molecular formula is C26H22Cl2N2O3S. The molecule has 0 saturated carbocycles. The monoisotopic (exact) mass is 512 g/mol. The summed E-state index contributed by atoms with van der Waals surface area (Å²) in [5.41, 5.74) is 3.56. The molecule has 0 bridgehead atoms. The SMILES string of the molecule is CCc1ccc(N=C2NC(=O)/C(=C/c3cc(Cl)c(OCc4ccccc4Cl)c(OC)c3)S2)cc1. The minimum atomic E-state index is -0.219. The number of benzene rings is 3. The largest absolute Gasteiger partial charge is 0.493 e. The minimum Gasteiger partial charge on any atom is -0.493 e. The summed E-state index contributed by atoms with van der Waals surface area (Å²) in [5.74, 6) is 0.648. The van der Waals surface area contributed by atoms with Crippen molar-refractivity contribution in [3.63, 3.8) is 0 Å². The summed E-state index contributed by atoms with van der Waals surface area (Å²) in [6, 6.07) is 18.9. The van der Waals surface area contributed by atoms with Crippen LogP contribution in [0.4, 0.5) is 5.69 Å². The molecule has 0 radical (unpaired) electrons. The van der Waals surface area contributed by atoms with E-state index in [1.165, 1.54) is 24.4 Å². The third-order valence-electron chi connectivity index (χ3n) is 5.11. The zero-order chi connectivity index (χ0) is 24.1. The summed E-state index contributed by atoms with van der Waals surface area (Å²) in [6.45, 7) is 2.34. The van der Waals surface area contributed by atoms with Gasteiger partial charge < -0.3 is 14.8 Å². The number of amidine groups is 1. The first kappa shape index (κ1) is 24.2. The van der Waals surface area contributed by atoms with Crippen molar-refractivity contribution in [1.82, 2.24) is 5.32 Å². The highest BCUT2D eigenvalue weighted by Gasteiger charge is 2.24. The minimum absolute atomic E-state index is 0.219. The van der Waals surface area contributed by atoms with Gasteiger partial charge >= 0.3 is 0 Å². The molecule has 0 spiro atoms. The number of aliphatic imine (C=N–C) groups is 1. The van der Waals surface area contributed by atoms with Crippen LogP contribution in [0.3, 0.4) is 0 Å². The molecule has 1 aliphatic rings. The molecule has 0 unspecified atom stereocenters. The summed E-state index contributed by atoms with van der Waals surface area (Å²) in [6.07, 6.45) is 2.71. The highest BCUT2D eigenvalue weighted by atomic mass is 35.5. The molecule has 1 N–H and O–H groups in total. The predicted molar refractivity (Wildman–Crippen MR) is 140 cm³/mol. The van der Waals surface area contributed by atoms with E-state index in [0.717, 1.165) is 17.7 Å². The number of carbonyl (C=O) groups excluding carboxylic acids is 1. The Morgan fingerprint density at radius 1 is 1.06 bits per heavy atom. The Labute approximate surface area is 212 Å². The van der Waals surface area contributed by atoms with E-state index in [1.54, 1.807) is 24.3 Å². The first-order chi connectivity index (χ1) is 16.5. The summed E-state index contributed by atoms with van der Waals surface area (Å²) >= 11 is 14.0. The normalized spacial score (nSPS) is 15.6. The number of nitrogens with zero attached hydrogens (tertiary/aromatic N) is 1. The van der Waals surface area contributed by atoms with E-state index < -0.39 is 0 Å². The lowest BCUT2D eigenvalue weighted by atomic mass is 10.1. The molecular weight excluding hydrogens is 491 g/mol. The van der Waals surface area contributed by atoms with Crippen LogP contribution in [0.1, 0.15) is 23.6 Å². The molecule has 3 aromatic rings. The molecule has 1 saturated heterocycles. The molecule has 34 heavy (non-hydrogen) atoms. The van der Waals surface area contributed by atoms with Crippen LogP contribution in [0.25, 0.3) is 6.08 Å². The maximum Gasteiger partial charge on any atom is 0.264 e. The highest BCUT2D eigenvalue weighted by Crippen LogP contribution is 2.39. The fourth-order valence-electron chi connectivity index (χ4n) is 3.28. The van der Waals surface area contributed by atoms with E-state index in [4.69, 9.17) is 32.7 Å². The molecule has 1 amide bonds. The van der Waals surface area contributed by atoms with Crippen molar-refractivity contribution in [2.24, 2.45) is 4.99 Å². The summed E-state index contributed by atoms with van der Waals surface area (Å²) < 4.78 is 11.4. The van der Waals surface area contributed by atoms with E-state index in [-0.39, 0.29) is 12.5 Å². The number of halogens is 2. The zero-order valence-corrected chi connectivity index (χ0v) is 20.9. The third kappa shape index (κ3) is 5.76. The van der Waals surface area contributed by atoms with E-state index in [0.29, 0.717) is 37.2 Å². The number of carbonyl (C=O) groups is 1. The van der Waals surface area contributed by atoms with Crippen LogP contribution < -0.4 is 14.8 Å². The van der Waals surface area contributed by atoms with Crippen molar-refractivity contribution in [2.75, 3.05) is 7.11 Å². The molecule has 8 heteroatoms. The molecule has 1 heterocycles. The highest BCUT2D eigenvalue weighted by molar-refractivity contribution is 8.18. The summed E-state index contributed by atoms with van der Waals surface area (Å²) in [7, 11) is 1.54. The van der Waals surface area contributed by atoms with Crippen molar-refractivity contribution < 1.29 is 14.3 Å². The molecule has 0 aliphatic carbocycles. The molecule has 0 atom stereocenters. The second-order valence-corrected chi connectivity index (χ2v) is 9.26. The Kier molecular flexibility index (Phi) is 7.83. The lowest BCUT2D eigenvalue weighted by molar-refractivity contribution is -0.115. The van der Waals surface area contributed by atoms with Gasteiger partial charge in [0.25, 0.3) is 5.91 Å². The molecule has 1 aliphatic heterocycles. The number of rotatable bonds is 7. The predicted octanol–water partition coefficient (Wildman–Crippen LogP) is 7.04. The maximum atomic E-state index is 12.5. The molecule has 174 valence electrons. The van der Waals surface area contributed by atoms with Gasteiger partial charge in [-0.1, -0.05) is 60.5 Å². The molecule has 3 aromatic carbocycles. The topological polar surface area (TPSA) is 59.9 Å². The lowest BCUT2D eigenvalue weighted by Crippen LogP contribution is -2.19. The first-order valence-electron chi connectivity index (χ1n) is 10.6. The van der Waals surface area contributed by atoms with E-state index >= 15 is 0 Å². The van der Waals surface area contributed by atoms with Crippen LogP contribution >= 0.6 is 35.0 Å². The maximum absolute atomic E-state index is 12.5. The second kappa shape index (κ2) is 11.0. The van der Waals surface area contributed by atoms with Crippen molar-refractivity contribution in [3.8, 4) is 11.5 Å². The van der Waals surface area contributed by atoms with E-state index in [2.05, 4.69) is 17.2 Å². The van der Waals surface area contributed by atoms with Gasteiger partial charge in [0.05, 0.1) is 22.7 Å². The number of nitrogens with one attached hydrogen (secondary N) is 1. The van der Waals surface area contributed by atoms with Crippen LogP contribution in [-0.2, 0) is 17.8 Å². The summed E-state index contributed by atoms with van der Waals surface area (Å²) in [4.78, 5) is 17.5. The van der Waals surface area contributed by atoms with Gasteiger partial charge in [-0.2, -0.15) is 0 Å². The van der Waals surface area contributed by atoms with Crippen LogP contribution in [0.5, 0.6) is 11.5 Å². The number of hydrogen-bond acceptors (Lipinski definition) is 5. The average Bonchev–Trinajstić information content (AvgIpc) is 3.17. The van der Waals surface area contributed by atoms with Crippen LogP contribution in [0.15, 0.2) is 70.6 Å². The fourth-order valence-corrected chi connectivity index (χ4v) is 4.59. The van der Waals surface area contributed by atoms with E-state index in [1.807, 2.05) is 42.5 Å². The molecule has 4 rings (SSSR count). The van der Waals surface area contributed by atoms with Gasteiger partial charge in [0.2, 0.25) is 0 Å². The Hall–Kier alpha value is -2.93. The smallest absolute Gasteiger partial charge is 0.264 e. The fraction of sp³-hybridized carbons (Fsp3) is 0.154. The number of methoxy groups -OCH3 is 1. The number of hydrogen-bond donors (Lipinski definition) is 1. The van der Waals surface area contributed by atoms with Crippen molar-refractivity contribution in [1.29, 1.82) is 0 Å². The van der Waals surface area contributed by atoms with E-state index in [9.17, 15) is 4.79 Å². The van der Waals surface area contributed by atoms with Gasteiger partial charge in [-0.15, -0.1) is 0 Å². The molecule has 1 fully saturated rings. The Balaban J connectivity index is 1.53. The lowest BCUT2D eigenvalue weighted by Gasteiger charge is -2.14. The second-order valence-electron chi connectivity index (χ2n) is 7.42. The zero-order valence-electron chi connectivity index (χ0n) is 18.6. The number of ether oxygens (including phenoxy) is 2. The van der Waals surface area contributed by atoms with Gasteiger partial charge in [0.15, 0.2) is 16.7 Å². The standard InChI is InChI=1S/C26H22Cl2N2O3S/c1-3-16-8-10-19(11-9-16)29-26-30-25(31)23(34-26)14-17-12-21(28)24(22(13-17)32-2)33-15-18-6-4-5-7-20(18)27/h4-14H,3,15H2,1-2H3,(H,29,30,31)/b23-14-. The van der Waals surface area contributed by atoms with Crippen molar-refractivity contribution in [2.45, 2.75) is 20.0 Å². The van der Waals surface area contributed by atoms with Gasteiger partial charge in [-0.25, -0.2) is 4.99 Å². The number of amides is 1. The van der Waals surface area contributed by atoms with Crippen LogP contribution in [-0.4, -0.2) is 18.2 Å². The third-order valence-corrected chi connectivity index (χ3v) is 6.66. The van der Waals surface area contributed by atoms with Gasteiger partial charge in [0.1, 0.15) is 6.61 Å². The summed E-state index contributed by atoms with van der Waals surface area (Å²) in [5, 5.41) is 4.31.